The molecule has 0 radical (unpaired) electrons. The first-order chi connectivity index (χ1) is 7.27. The summed E-state index contributed by atoms with van der Waals surface area (Å²) in [6.45, 7) is 3.94. The van der Waals surface area contributed by atoms with Crippen LogP contribution in [0.15, 0.2) is 0 Å². The Labute approximate surface area is 91.5 Å². The third-order valence-electron chi connectivity index (χ3n) is 3.07. The number of carbonyl (C=O) groups is 1. The molecule has 1 aliphatic carbocycles. The molecule has 2 unspecified atom stereocenters. The fourth-order valence-corrected chi connectivity index (χ4v) is 2.10. The summed E-state index contributed by atoms with van der Waals surface area (Å²) in [6.07, 6.45) is 4.18. The van der Waals surface area contributed by atoms with Crippen molar-refractivity contribution in [3.8, 4) is 0 Å². The number of amides is 1. The second-order valence-corrected chi connectivity index (χ2v) is 4.21. The first-order valence-corrected chi connectivity index (χ1v) is 5.88. The number of ether oxygens (including phenoxy) is 1. The van der Waals surface area contributed by atoms with Gasteiger partial charge < -0.3 is 15.8 Å². The van der Waals surface area contributed by atoms with Crippen molar-refractivity contribution in [2.24, 2.45) is 17.6 Å². The highest BCUT2D eigenvalue weighted by Gasteiger charge is 2.26. The van der Waals surface area contributed by atoms with Crippen molar-refractivity contribution >= 4 is 6.09 Å². The van der Waals surface area contributed by atoms with Crippen LogP contribution in [-0.2, 0) is 4.74 Å². The van der Waals surface area contributed by atoms with E-state index in [4.69, 9.17) is 10.5 Å². The van der Waals surface area contributed by atoms with E-state index in [2.05, 4.69) is 5.32 Å². The zero-order valence-electron chi connectivity index (χ0n) is 9.50. The van der Waals surface area contributed by atoms with E-state index in [0.29, 0.717) is 31.5 Å². The van der Waals surface area contributed by atoms with Crippen molar-refractivity contribution < 1.29 is 9.53 Å². The van der Waals surface area contributed by atoms with E-state index >= 15 is 0 Å². The Morgan fingerprint density at radius 3 is 2.87 bits per heavy atom. The van der Waals surface area contributed by atoms with Crippen LogP contribution in [0.5, 0.6) is 0 Å². The average Bonchev–Trinajstić information content (AvgIpc) is 2.70. The molecule has 0 aromatic rings. The Bertz CT molecular complexity index is 197. The molecule has 1 saturated carbocycles. The van der Waals surface area contributed by atoms with E-state index < -0.39 is 0 Å². The zero-order valence-corrected chi connectivity index (χ0v) is 9.50. The lowest BCUT2D eigenvalue weighted by atomic mass is 9.97. The summed E-state index contributed by atoms with van der Waals surface area (Å²) in [4.78, 5) is 11.2. The van der Waals surface area contributed by atoms with Gasteiger partial charge in [-0.2, -0.15) is 0 Å². The molecule has 2 atom stereocenters. The summed E-state index contributed by atoms with van der Waals surface area (Å²) in [5, 5.41) is 2.70. The number of carbonyl (C=O) groups excluding carboxylic acids is 1. The minimum Gasteiger partial charge on any atom is -0.449 e. The molecule has 0 saturated heterocycles. The topological polar surface area (TPSA) is 64.3 Å². The predicted molar refractivity (Wildman–Crippen MR) is 59.5 cm³/mol. The molecular weight excluding hydrogens is 192 g/mol. The molecule has 1 amide bonds. The molecule has 0 heterocycles. The normalized spacial score (nSPS) is 25.2. The van der Waals surface area contributed by atoms with Gasteiger partial charge >= 0.3 is 6.09 Å². The number of hydrogen-bond donors (Lipinski definition) is 2. The van der Waals surface area contributed by atoms with Gasteiger partial charge in [-0.1, -0.05) is 13.3 Å². The molecule has 1 rings (SSSR count). The highest BCUT2D eigenvalue weighted by molar-refractivity contribution is 5.66. The molecule has 4 nitrogen and oxygen atoms in total. The molecule has 0 aromatic carbocycles. The van der Waals surface area contributed by atoms with Gasteiger partial charge in [0.25, 0.3) is 0 Å². The third kappa shape index (κ3) is 4.08. The van der Waals surface area contributed by atoms with Gasteiger partial charge in [-0.3, -0.25) is 0 Å². The lowest BCUT2D eigenvalue weighted by Crippen LogP contribution is -2.29. The van der Waals surface area contributed by atoms with Crippen molar-refractivity contribution in [3.05, 3.63) is 0 Å². The minimum absolute atomic E-state index is 0.292. The molecule has 1 fully saturated rings. The van der Waals surface area contributed by atoms with Crippen molar-refractivity contribution in [1.29, 1.82) is 0 Å². The summed E-state index contributed by atoms with van der Waals surface area (Å²) >= 11 is 0. The summed E-state index contributed by atoms with van der Waals surface area (Å²) in [5.41, 5.74) is 5.65. The highest BCUT2D eigenvalue weighted by atomic mass is 16.5. The second-order valence-electron chi connectivity index (χ2n) is 4.21. The van der Waals surface area contributed by atoms with Gasteiger partial charge in [-0.15, -0.1) is 0 Å². The zero-order chi connectivity index (χ0) is 11.1. The molecule has 1 aliphatic rings. The van der Waals surface area contributed by atoms with Crippen LogP contribution in [0.25, 0.3) is 0 Å². The maximum absolute atomic E-state index is 11.2. The third-order valence-corrected chi connectivity index (χ3v) is 3.07. The van der Waals surface area contributed by atoms with Gasteiger partial charge in [-0.25, -0.2) is 4.79 Å². The van der Waals surface area contributed by atoms with Crippen molar-refractivity contribution in [2.75, 3.05) is 19.7 Å². The molecule has 0 aromatic heterocycles. The lowest BCUT2D eigenvalue weighted by Gasteiger charge is -2.17. The smallest absolute Gasteiger partial charge is 0.407 e. The van der Waals surface area contributed by atoms with Crippen molar-refractivity contribution in [1.82, 2.24) is 5.32 Å². The van der Waals surface area contributed by atoms with Crippen LogP contribution < -0.4 is 11.1 Å². The number of hydrogen-bond acceptors (Lipinski definition) is 3. The quantitative estimate of drug-likeness (QED) is 0.729. The van der Waals surface area contributed by atoms with Gasteiger partial charge in [0.05, 0.1) is 6.61 Å². The van der Waals surface area contributed by atoms with E-state index in [1.165, 1.54) is 12.8 Å². The average molecular weight is 214 g/mol. The molecule has 4 heteroatoms. The maximum atomic E-state index is 11.2. The van der Waals surface area contributed by atoms with E-state index in [1.807, 2.05) is 6.92 Å². The summed E-state index contributed by atoms with van der Waals surface area (Å²) < 4.78 is 5.15. The van der Waals surface area contributed by atoms with Crippen LogP contribution in [-0.4, -0.2) is 25.8 Å². The van der Waals surface area contributed by atoms with Crippen LogP contribution in [0, 0.1) is 11.8 Å². The standard InChI is InChI=1S/C11H22N2O2/c1-2-6-13-11(14)15-8-10-5-3-4-9(10)7-12/h9-10H,2-8,12H2,1H3,(H,13,14). The number of nitrogens with two attached hydrogens (primary N) is 1. The fourth-order valence-electron chi connectivity index (χ4n) is 2.10. The largest absolute Gasteiger partial charge is 0.449 e. The molecule has 0 bridgehead atoms. The molecule has 3 N–H and O–H groups in total. The molecule has 0 spiro atoms. The summed E-state index contributed by atoms with van der Waals surface area (Å²) in [5.74, 6) is 1.02. The molecule has 88 valence electrons. The van der Waals surface area contributed by atoms with E-state index in [0.717, 1.165) is 12.8 Å². The van der Waals surface area contributed by atoms with Crippen molar-refractivity contribution in [2.45, 2.75) is 32.6 Å². The van der Waals surface area contributed by atoms with Gasteiger partial charge in [0, 0.05) is 6.54 Å². The van der Waals surface area contributed by atoms with Crippen LogP contribution in [0.1, 0.15) is 32.6 Å². The van der Waals surface area contributed by atoms with Crippen molar-refractivity contribution in [3.63, 3.8) is 0 Å². The first kappa shape index (κ1) is 12.3. The van der Waals surface area contributed by atoms with E-state index in [9.17, 15) is 4.79 Å². The van der Waals surface area contributed by atoms with Gasteiger partial charge in [-0.05, 0) is 37.6 Å². The fraction of sp³-hybridized carbons (Fsp3) is 0.909. The molecule has 0 aliphatic heterocycles. The Morgan fingerprint density at radius 1 is 1.47 bits per heavy atom. The van der Waals surface area contributed by atoms with E-state index in [-0.39, 0.29) is 6.09 Å². The summed E-state index contributed by atoms with van der Waals surface area (Å²) in [7, 11) is 0. The molecule has 15 heavy (non-hydrogen) atoms. The number of rotatable bonds is 5. The number of alkyl carbamates (subject to hydrolysis) is 1. The summed E-state index contributed by atoms with van der Waals surface area (Å²) in [6, 6.07) is 0. The Morgan fingerprint density at radius 2 is 2.20 bits per heavy atom. The van der Waals surface area contributed by atoms with Crippen LogP contribution in [0.4, 0.5) is 4.79 Å². The lowest BCUT2D eigenvalue weighted by molar-refractivity contribution is 0.117. The van der Waals surface area contributed by atoms with Crippen LogP contribution in [0.2, 0.25) is 0 Å². The van der Waals surface area contributed by atoms with Crippen LogP contribution >= 0.6 is 0 Å². The maximum Gasteiger partial charge on any atom is 0.407 e. The van der Waals surface area contributed by atoms with Gasteiger partial charge in [0.1, 0.15) is 0 Å². The first-order valence-electron chi connectivity index (χ1n) is 5.88. The monoisotopic (exact) mass is 214 g/mol. The SMILES string of the molecule is CCCNC(=O)OCC1CCCC1CN. The Balaban J connectivity index is 2.15. The van der Waals surface area contributed by atoms with Crippen LogP contribution in [0.3, 0.4) is 0 Å². The highest BCUT2D eigenvalue weighted by Crippen LogP contribution is 2.30. The van der Waals surface area contributed by atoms with E-state index in [1.54, 1.807) is 0 Å². The predicted octanol–water partition coefficient (Wildman–Crippen LogP) is 1.50. The number of nitrogens with one attached hydrogen (secondary N) is 1. The van der Waals surface area contributed by atoms with Gasteiger partial charge in [0.2, 0.25) is 0 Å². The Kier molecular flexibility index (Phi) is 5.47. The minimum atomic E-state index is -0.292. The second kappa shape index (κ2) is 6.67. The Hall–Kier alpha value is -0.770. The van der Waals surface area contributed by atoms with Gasteiger partial charge in [0.15, 0.2) is 0 Å². The molecular formula is C11H22N2O2.